The molecule has 5 radical (unpaired) electrons. The minimum atomic E-state index is -0.0417. The number of hydrogen-bond donors (Lipinski definition) is 0. The zero-order valence-electron chi connectivity index (χ0n) is 2.83. The second-order valence-corrected chi connectivity index (χ2v) is 6.75. The molecule has 0 atom stereocenters. The maximum Gasteiger partial charge on any atom is 0 e. The first-order valence-corrected chi connectivity index (χ1v) is 8.69. The van der Waals surface area contributed by atoms with Crippen LogP contribution in [0.2, 0.25) is 0 Å². The minimum Gasteiger partial charge on any atom is 0 e. The monoisotopic (exact) mass is 433 g/mol. The number of rotatable bonds is 0. The summed E-state index contributed by atoms with van der Waals surface area (Å²) >= 11 is 2.70. The predicted molar refractivity (Wildman–Crippen MR) is 24.9 cm³/mol. The molecular formula is CuGeSSeSnZn. The molecule has 0 bridgehead atoms. The summed E-state index contributed by atoms with van der Waals surface area (Å²) in [5.74, 6) is 0. The van der Waals surface area contributed by atoms with Crippen molar-refractivity contribution in [2.24, 2.45) is 0 Å². The van der Waals surface area contributed by atoms with E-state index in [2.05, 4.69) is 24.0 Å². The van der Waals surface area contributed by atoms with Gasteiger partial charge in [-0.2, -0.15) is 0 Å². The Bertz CT molecular complexity index is 36.5. The van der Waals surface area contributed by atoms with Crippen LogP contribution in [0.1, 0.15) is 0 Å². The van der Waals surface area contributed by atoms with Gasteiger partial charge < -0.3 is 0 Å². The van der Waals surface area contributed by atoms with Crippen molar-refractivity contribution in [3.05, 3.63) is 0 Å². The molecule has 0 aromatic rings. The Labute approximate surface area is 94.0 Å². The molecule has 0 heterocycles. The quantitative estimate of drug-likeness (QED) is 0.467. The van der Waals surface area contributed by atoms with E-state index in [4.69, 9.17) is 0 Å². The van der Waals surface area contributed by atoms with Gasteiger partial charge in [-0.15, -0.1) is 0 Å². The van der Waals surface area contributed by atoms with Gasteiger partial charge in [0.2, 0.25) is 0 Å². The molecule has 0 aromatic heterocycles. The summed E-state index contributed by atoms with van der Waals surface area (Å²) in [6.07, 6.45) is 0. The van der Waals surface area contributed by atoms with E-state index in [0.29, 0.717) is 0 Å². The summed E-state index contributed by atoms with van der Waals surface area (Å²) in [5.41, 5.74) is 0. The first-order valence-electron chi connectivity index (χ1n) is 0.408. The Hall–Kier alpha value is 3.22. The molecule has 0 N–H and O–H groups in total. The number of hydrogen-bond acceptors (Lipinski definition) is 1. The molecule has 0 aromatic carbocycles. The zero-order valence-corrected chi connectivity index (χ0v) is 14.2. The van der Waals surface area contributed by atoms with Crippen molar-refractivity contribution < 1.29 is 36.5 Å². The van der Waals surface area contributed by atoms with Gasteiger partial charge in [0.05, 0.1) is 0 Å². The normalized spacial score (nSPS) is 1.33. The van der Waals surface area contributed by atoms with E-state index in [1.807, 2.05) is 0 Å². The summed E-state index contributed by atoms with van der Waals surface area (Å²) in [7, 11) is 4.46. The molecule has 0 saturated carbocycles. The molecule has 0 unspecified atom stereocenters. The van der Waals surface area contributed by atoms with Gasteiger partial charge in [0.1, 0.15) is 0 Å². The summed E-state index contributed by atoms with van der Waals surface area (Å²) in [6.45, 7) is 0. The van der Waals surface area contributed by atoms with Crippen molar-refractivity contribution >= 4 is 59.3 Å². The SMILES string of the molecule is [Cu].[S]=[Ge]=[Se].[Sn].[Zn]. The van der Waals surface area contributed by atoms with E-state index >= 15 is 0 Å². The van der Waals surface area contributed by atoms with Crippen LogP contribution in [0.5, 0.6) is 0 Å². The molecule has 0 rings (SSSR count). The van der Waals surface area contributed by atoms with Crippen molar-refractivity contribution in [3.8, 4) is 0 Å². The van der Waals surface area contributed by atoms with Gasteiger partial charge in [-0.25, -0.2) is 0 Å². The van der Waals surface area contributed by atoms with E-state index in [0.717, 1.165) is 0 Å². The van der Waals surface area contributed by atoms with Crippen molar-refractivity contribution in [1.29, 1.82) is 0 Å². The van der Waals surface area contributed by atoms with Gasteiger partial charge >= 0.3 is 35.4 Å². The third kappa shape index (κ3) is 26.9. The smallest absolute Gasteiger partial charge is 0 e. The van der Waals surface area contributed by atoms with Crippen LogP contribution in [-0.4, -0.2) is 48.8 Å². The van der Waals surface area contributed by atoms with Gasteiger partial charge in [-0.05, 0) is 0 Å². The largest absolute Gasteiger partial charge is 0 e. The Kier molecular flexibility index (Phi) is 91.6. The molecule has 33 valence electrons. The van der Waals surface area contributed by atoms with E-state index in [1.54, 1.807) is 0 Å². The van der Waals surface area contributed by atoms with Gasteiger partial charge in [0, 0.05) is 60.5 Å². The van der Waals surface area contributed by atoms with Crippen molar-refractivity contribution in [3.63, 3.8) is 0 Å². The first kappa shape index (κ1) is 22.9. The van der Waals surface area contributed by atoms with Gasteiger partial charge in [0.25, 0.3) is 0 Å². The maximum absolute atomic E-state index is 4.46. The van der Waals surface area contributed by atoms with Crippen LogP contribution in [0.4, 0.5) is 0 Å². The summed E-state index contributed by atoms with van der Waals surface area (Å²) in [5, 5.41) is 0. The molecule has 0 spiro atoms. The van der Waals surface area contributed by atoms with Gasteiger partial charge in [0.15, 0.2) is 0 Å². The fourth-order valence-electron chi connectivity index (χ4n) is 0. The average molecular weight is 431 g/mol. The molecule has 0 aliphatic heterocycles. The van der Waals surface area contributed by atoms with E-state index in [1.165, 1.54) is 0 Å². The van der Waals surface area contributed by atoms with Crippen LogP contribution in [0.15, 0.2) is 0 Å². The second kappa shape index (κ2) is 24.1. The fourth-order valence-corrected chi connectivity index (χ4v) is 0. The summed E-state index contributed by atoms with van der Waals surface area (Å²) in [6, 6.07) is 0. The Balaban J connectivity index is -0.00000000667. The minimum absolute atomic E-state index is 0. The first-order chi connectivity index (χ1) is 1.41. The molecule has 0 aliphatic carbocycles. The molecule has 0 nitrogen and oxygen atoms in total. The maximum atomic E-state index is 4.46. The van der Waals surface area contributed by atoms with Crippen LogP contribution < -0.4 is 0 Å². The van der Waals surface area contributed by atoms with Gasteiger partial charge in [-0.3, -0.25) is 0 Å². The third-order valence-corrected chi connectivity index (χ3v) is 0. The van der Waals surface area contributed by atoms with Crippen LogP contribution >= 0.6 is 10.5 Å². The van der Waals surface area contributed by atoms with E-state index in [9.17, 15) is 0 Å². The summed E-state index contributed by atoms with van der Waals surface area (Å²) in [4.78, 5) is 0. The topological polar surface area (TPSA) is 0 Å². The van der Waals surface area contributed by atoms with Crippen LogP contribution in [-0.2, 0) is 36.5 Å². The molecule has 0 fully saturated rings. The molecule has 0 amide bonds. The van der Waals surface area contributed by atoms with Gasteiger partial charge in [-0.1, -0.05) is 0 Å². The Morgan fingerprint density at radius 2 is 1.50 bits per heavy atom. The van der Waals surface area contributed by atoms with Crippen molar-refractivity contribution in [2.45, 2.75) is 0 Å². The van der Waals surface area contributed by atoms with Crippen LogP contribution in [0.25, 0.3) is 0 Å². The molecule has 6 heavy (non-hydrogen) atoms. The molecule has 0 aliphatic rings. The fraction of sp³-hybridized carbons (Fsp3) is 0. The van der Waals surface area contributed by atoms with E-state index in [-0.39, 0.29) is 71.8 Å². The van der Waals surface area contributed by atoms with Crippen molar-refractivity contribution in [1.82, 2.24) is 0 Å². The van der Waals surface area contributed by atoms with Crippen molar-refractivity contribution in [2.75, 3.05) is 0 Å². The predicted octanol–water partition coefficient (Wildman–Crippen LogP) is -0.499. The third-order valence-electron chi connectivity index (χ3n) is 0. The van der Waals surface area contributed by atoms with Crippen LogP contribution in [0, 0.1) is 0 Å². The average Bonchev–Trinajstić information content (AvgIpc) is 0.918. The summed E-state index contributed by atoms with van der Waals surface area (Å²) < 4.78 is 0. The van der Waals surface area contributed by atoms with E-state index < -0.39 is 0 Å². The van der Waals surface area contributed by atoms with Crippen LogP contribution in [0.3, 0.4) is 0 Å². The molecule has 6 heteroatoms. The molecular weight excluding hydrogens is 431 g/mol. The Morgan fingerprint density at radius 3 is 1.50 bits per heavy atom. The second-order valence-electron chi connectivity index (χ2n) is 0.0833. The standard InChI is InChI=1S/Cu.GeSSe.Sn.Zn/c;2-1-3;;. The zero-order chi connectivity index (χ0) is 2.71. The molecule has 0 saturated heterocycles. The Morgan fingerprint density at radius 1 is 1.50 bits per heavy atom.